The fraction of sp³-hybridized carbons (Fsp3) is 0.312. The first-order chi connectivity index (χ1) is 10.8. The molecule has 0 saturated heterocycles. The van der Waals surface area contributed by atoms with Gasteiger partial charge >= 0.3 is 6.09 Å². The third-order valence-corrected chi connectivity index (χ3v) is 3.19. The number of aromatic amines is 1. The minimum atomic E-state index is -0.545. The van der Waals surface area contributed by atoms with Crippen LogP contribution in [-0.2, 0) is 11.8 Å². The number of rotatable bonds is 2. The molecular formula is C16H19N5O2. The summed E-state index contributed by atoms with van der Waals surface area (Å²) in [5, 5.41) is 7.80. The van der Waals surface area contributed by atoms with Gasteiger partial charge in [-0.05, 0) is 26.8 Å². The van der Waals surface area contributed by atoms with Crippen LogP contribution in [0, 0.1) is 0 Å². The van der Waals surface area contributed by atoms with Gasteiger partial charge in [0.15, 0.2) is 0 Å². The van der Waals surface area contributed by atoms with Gasteiger partial charge in [-0.2, -0.15) is 5.10 Å². The lowest BCUT2D eigenvalue weighted by molar-refractivity contribution is 0.0636. The Balaban J connectivity index is 1.90. The number of nitrogens with one attached hydrogen (secondary N) is 2. The molecule has 0 radical (unpaired) electrons. The summed E-state index contributed by atoms with van der Waals surface area (Å²) in [5.74, 6) is 0. The molecule has 1 amide bonds. The number of fused-ring (bicyclic) bond motifs is 1. The van der Waals surface area contributed by atoms with Crippen molar-refractivity contribution < 1.29 is 9.53 Å². The van der Waals surface area contributed by atoms with E-state index in [0.717, 1.165) is 22.2 Å². The van der Waals surface area contributed by atoms with Crippen LogP contribution in [0.3, 0.4) is 0 Å². The van der Waals surface area contributed by atoms with Crippen molar-refractivity contribution in [1.82, 2.24) is 19.7 Å². The number of carbonyl (C=O) groups is 1. The normalized spacial score (nSPS) is 11.7. The zero-order chi connectivity index (χ0) is 16.6. The number of aromatic nitrogens is 4. The Kier molecular flexibility index (Phi) is 3.55. The second kappa shape index (κ2) is 5.42. The molecule has 23 heavy (non-hydrogen) atoms. The van der Waals surface area contributed by atoms with Gasteiger partial charge < -0.3 is 9.72 Å². The predicted octanol–water partition coefficient (Wildman–Crippen LogP) is 3.31. The first kappa shape index (κ1) is 15.1. The summed E-state index contributed by atoms with van der Waals surface area (Å²) in [6.07, 6.45) is 6.69. The lowest BCUT2D eigenvalue weighted by atomic mass is 10.1. The fourth-order valence-corrected chi connectivity index (χ4v) is 2.29. The molecule has 7 nitrogen and oxygen atoms in total. The Morgan fingerprint density at radius 1 is 1.35 bits per heavy atom. The van der Waals surface area contributed by atoms with Gasteiger partial charge in [-0.25, -0.2) is 9.78 Å². The van der Waals surface area contributed by atoms with Gasteiger partial charge in [0.1, 0.15) is 11.2 Å². The smallest absolute Gasteiger partial charge is 0.412 e. The van der Waals surface area contributed by atoms with E-state index in [1.165, 1.54) is 0 Å². The van der Waals surface area contributed by atoms with E-state index < -0.39 is 11.7 Å². The van der Waals surface area contributed by atoms with Crippen molar-refractivity contribution in [3.8, 4) is 11.1 Å². The van der Waals surface area contributed by atoms with Crippen LogP contribution in [0.2, 0.25) is 0 Å². The summed E-state index contributed by atoms with van der Waals surface area (Å²) in [4.78, 5) is 19.3. The zero-order valence-electron chi connectivity index (χ0n) is 13.5. The van der Waals surface area contributed by atoms with E-state index in [4.69, 9.17) is 4.74 Å². The van der Waals surface area contributed by atoms with Crippen molar-refractivity contribution >= 4 is 22.8 Å². The molecule has 0 saturated carbocycles. The Labute approximate surface area is 133 Å². The number of anilines is 1. The predicted molar refractivity (Wildman–Crippen MR) is 88.2 cm³/mol. The van der Waals surface area contributed by atoms with Crippen molar-refractivity contribution in [2.45, 2.75) is 26.4 Å². The molecule has 0 aliphatic heterocycles. The minimum Gasteiger partial charge on any atom is -0.444 e. The van der Waals surface area contributed by atoms with E-state index in [1.807, 2.05) is 46.3 Å². The Morgan fingerprint density at radius 2 is 2.13 bits per heavy atom. The molecule has 0 aromatic carbocycles. The standard InChI is InChI=1S/C16H19N5O2/c1-16(2,3)23-15(22)20-11-5-12-13(8-18-14(12)17-7-11)10-6-19-21(4)9-10/h5-9H,1-4H3,(H,17,18)(H,20,22). The largest absolute Gasteiger partial charge is 0.444 e. The second-order valence-electron chi connectivity index (χ2n) is 6.35. The molecule has 0 unspecified atom stereocenters. The number of ether oxygens (including phenoxy) is 1. The molecule has 0 bridgehead atoms. The molecule has 0 aliphatic carbocycles. The lowest BCUT2D eigenvalue weighted by Crippen LogP contribution is -2.27. The topological polar surface area (TPSA) is 84.8 Å². The quantitative estimate of drug-likeness (QED) is 0.760. The number of aryl methyl sites for hydroxylation is 1. The molecule has 0 aliphatic rings. The highest BCUT2D eigenvalue weighted by molar-refractivity contribution is 5.96. The highest BCUT2D eigenvalue weighted by Gasteiger charge is 2.17. The van der Waals surface area contributed by atoms with Crippen molar-refractivity contribution in [2.75, 3.05) is 5.32 Å². The van der Waals surface area contributed by atoms with Crippen LogP contribution in [0.15, 0.2) is 30.9 Å². The Hall–Kier alpha value is -2.83. The number of nitrogens with zero attached hydrogens (tertiary/aromatic N) is 3. The summed E-state index contributed by atoms with van der Waals surface area (Å²) in [5.41, 5.74) is 2.75. The average Bonchev–Trinajstić information content (AvgIpc) is 3.02. The fourth-order valence-electron chi connectivity index (χ4n) is 2.29. The number of hydrogen-bond acceptors (Lipinski definition) is 4. The first-order valence-corrected chi connectivity index (χ1v) is 7.28. The summed E-state index contributed by atoms with van der Waals surface area (Å²) < 4.78 is 6.99. The van der Waals surface area contributed by atoms with Crippen LogP contribution in [0.5, 0.6) is 0 Å². The summed E-state index contributed by atoms with van der Waals surface area (Å²) in [7, 11) is 1.87. The van der Waals surface area contributed by atoms with E-state index in [2.05, 4.69) is 20.4 Å². The molecule has 120 valence electrons. The molecule has 3 aromatic heterocycles. The van der Waals surface area contributed by atoms with Crippen LogP contribution in [-0.4, -0.2) is 31.4 Å². The molecule has 3 rings (SSSR count). The molecule has 3 heterocycles. The van der Waals surface area contributed by atoms with E-state index in [9.17, 15) is 4.79 Å². The van der Waals surface area contributed by atoms with E-state index in [-0.39, 0.29) is 0 Å². The van der Waals surface area contributed by atoms with Gasteiger partial charge in [-0.15, -0.1) is 0 Å². The van der Waals surface area contributed by atoms with E-state index in [1.54, 1.807) is 17.1 Å². The van der Waals surface area contributed by atoms with Crippen LogP contribution in [0.4, 0.5) is 10.5 Å². The van der Waals surface area contributed by atoms with Crippen molar-refractivity contribution in [3.63, 3.8) is 0 Å². The highest BCUT2D eigenvalue weighted by atomic mass is 16.6. The van der Waals surface area contributed by atoms with Gasteiger partial charge in [-0.3, -0.25) is 10.00 Å². The van der Waals surface area contributed by atoms with Gasteiger partial charge in [-0.1, -0.05) is 0 Å². The number of pyridine rings is 1. The first-order valence-electron chi connectivity index (χ1n) is 7.28. The van der Waals surface area contributed by atoms with Crippen molar-refractivity contribution in [3.05, 3.63) is 30.9 Å². The maximum atomic E-state index is 11.9. The third-order valence-electron chi connectivity index (χ3n) is 3.19. The van der Waals surface area contributed by atoms with Crippen LogP contribution >= 0.6 is 0 Å². The molecule has 3 aromatic rings. The number of H-pyrrole nitrogens is 1. The molecule has 0 fully saturated rings. The molecule has 2 N–H and O–H groups in total. The zero-order valence-corrected chi connectivity index (χ0v) is 13.5. The summed E-state index contributed by atoms with van der Waals surface area (Å²) in [6, 6.07) is 1.87. The number of hydrogen-bond donors (Lipinski definition) is 2. The van der Waals surface area contributed by atoms with Gasteiger partial charge in [0.25, 0.3) is 0 Å². The second-order valence-corrected chi connectivity index (χ2v) is 6.35. The summed E-state index contributed by atoms with van der Waals surface area (Å²) >= 11 is 0. The highest BCUT2D eigenvalue weighted by Crippen LogP contribution is 2.29. The molecule has 0 atom stereocenters. The Morgan fingerprint density at radius 3 is 2.78 bits per heavy atom. The molecule has 7 heteroatoms. The van der Waals surface area contributed by atoms with Crippen LogP contribution < -0.4 is 5.32 Å². The summed E-state index contributed by atoms with van der Waals surface area (Å²) in [6.45, 7) is 5.46. The van der Waals surface area contributed by atoms with Crippen LogP contribution in [0.25, 0.3) is 22.2 Å². The number of carbonyl (C=O) groups excluding carboxylic acids is 1. The molecular weight excluding hydrogens is 294 g/mol. The molecule has 0 spiro atoms. The maximum absolute atomic E-state index is 11.9. The van der Waals surface area contributed by atoms with E-state index in [0.29, 0.717) is 5.69 Å². The minimum absolute atomic E-state index is 0.503. The lowest BCUT2D eigenvalue weighted by Gasteiger charge is -2.19. The number of amides is 1. The van der Waals surface area contributed by atoms with Gasteiger partial charge in [0.2, 0.25) is 0 Å². The SMILES string of the molecule is Cn1cc(-c2c[nH]c3ncc(NC(=O)OC(C)(C)C)cc23)cn1. The van der Waals surface area contributed by atoms with Crippen molar-refractivity contribution in [1.29, 1.82) is 0 Å². The third kappa shape index (κ3) is 3.33. The van der Waals surface area contributed by atoms with Gasteiger partial charge in [0.05, 0.1) is 18.1 Å². The maximum Gasteiger partial charge on any atom is 0.412 e. The van der Waals surface area contributed by atoms with Crippen molar-refractivity contribution in [2.24, 2.45) is 7.05 Å². The van der Waals surface area contributed by atoms with Crippen LogP contribution in [0.1, 0.15) is 20.8 Å². The Bertz CT molecular complexity index is 857. The van der Waals surface area contributed by atoms with E-state index >= 15 is 0 Å². The monoisotopic (exact) mass is 313 g/mol. The van der Waals surface area contributed by atoms with Gasteiger partial charge in [0, 0.05) is 36.0 Å². The average molecular weight is 313 g/mol.